The van der Waals surface area contributed by atoms with Gasteiger partial charge in [0.1, 0.15) is 6.10 Å². The SMILES string of the molecule is CC(O)CC(C)NCC1CC(F)(F)C(=O)O1. The molecular formula is C10H17F2NO3. The molecule has 1 rings (SSSR count). The Hall–Kier alpha value is -0.750. The van der Waals surface area contributed by atoms with E-state index in [1.54, 1.807) is 6.92 Å². The number of hydrogen-bond acceptors (Lipinski definition) is 4. The lowest BCUT2D eigenvalue weighted by atomic mass is 10.1. The molecule has 1 aliphatic rings. The third-order valence-corrected chi connectivity index (χ3v) is 2.45. The Morgan fingerprint density at radius 1 is 1.62 bits per heavy atom. The van der Waals surface area contributed by atoms with Crippen molar-refractivity contribution in [2.75, 3.05) is 6.54 Å². The number of aliphatic hydroxyl groups is 1. The lowest BCUT2D eigenvalue weighted by Crippen LogP contribution is -2.35. The second-order valence-electron chi connectivity index (χ2n) is 4.33. The summed E-state index contributed by atoms with van der Waals surface area (Å²) in [6.45, 7) is 3.68. The van der Waals surface area contributed by atoms with Crippen LogP contribution in [0, 0.1) is 0 Å². The molecule has 0 aromatic carbocycles. The molecule has 1 aliphatic heterocycles. The summed E-state index contributed by atoms with van der Waals surface area (Å²) >= 11 is 0. The summed E-state index contributed by atoms with van der Waals surface area (Å²) in [6, 6.07) is -0.00655. The van der Waals surface area contributed by atoms with Gasteiger partial charge in [-0.25, -0.2) is 4.79 Å². The highest BCUT2D eigenvalue weighted by Gasteiger charge is 2.50. The smallest absolute Gasteiger partial charge is 0.377 e. The van der Waals surface area contributed by atoms with Crippen molar-refractivity contribution < 1.29 is 23.4 Å². The van der Waals surface area contributed by atoms with Crippen molar-refractivity contribution in [3.8, 4) is 0 Å². The summed E-state index contributed by atoms with van der Waals surface area (Å²) in [5.74, 6) is -4.79. The van der Waals surface area contributed by atoms with Gasteiger partial charge in [0.15, 0.2) is 0 Å². The number of nitrogens with one attached hydrogen (secondary N) is 1. The van der Waals surface area contributed by atoms with Crippen LogP contribution < -0.4 is 5.32 Å². The van der Waals surface area contributed by atoms with E-state index in [0.717, 1.165) is 0 Å². The van der Waals surface area contributed by atoms with Crippen LogP contribution in [-0.2, 0) is 9.53 Å². The lowest BCUT2D eigenvalue weighted by Gasteiger charge is -2.17. The molecule has 0 saturated carbocycles. The molecule has 4 nitrogen and oxygen atoms in total. The first-order valence-corrected chi connectivity index (χ1v) is 5.31. The van der Waals surface area contributed by atoms with Crippen molar-refractivity contribution in [1.29, 1.82) is 0 Å². The number of aliphatic hydroxyl groups excluding tert-OH is 1. The number of ether oxygens (including phenoxy) is 1. The van der Waals surface area contributed by atoms with Crippen molar-refractivity contribution in [3.63, 3.8) is 0 Å². The Morgan fingerprint density at radius 2 is 2.25 bits per heavy atom. The quantitative estimate of drug-likeness (QED) is 0.691. The molecule has 0 bridgehead atoms. The Kier molecular flexibility index (Phi) is 4.21. The number of carbonyl (C=O) groups is 1. The highest BCUT2D eigenvalue weighted by Crippen LogP contribution is 2.30. The average Bonchev–Trinajstić information content (AvgIpc) is 2.36. The van der Waals surface area contributed by atoms with E-state index in [1.165, 1.54) is 0 Å². The Labute approximate surface area is 93.0 Å². The van der Waals surface area contributed by atoms with Gasteiger partial charge in [-0.1, -0.05) is 0 Å². The van der Waals surface area contributed by atoms with Crippen molar-refractivity contribution in [2.24, 2.45) is 0 Å². The van der Waals surface area contributed by atoms with Crippen LogP contribution >= 0.6 is 0 Å². The minimum atomic E-state index is -3.35. The van der Waals surface area contributed by atoms with Crippen LogP contribution in [0.4, 0.5) is 8.78 Å². The summed E-state index contributed by atoms with van der Waals surface area (Å²) in [7, 11) is 0. The number of cyclic esters (lactones) is 1. The summed E-state index contributed by atoms with van der Waals surface area (Å²) in [5.41, 5.74) is 0. The summed E-state index contributed by atoms with van der Waals surface area (Å²) in [6.07, 6.45) is -1.27. The first-order valence-electron chi connectivity index (χ1n) is 5.31. The minimum Gasteiger partial charge on any atom is -0.456 e. The van der Waals surface area contributed by atoms with Crippen molar-refractivity contribution in [1.82, 2.24) is 5.32 Å². The molecule has 0 aromatic heterocycles. The van der Waals surface area contributed by atoms with Gasteiger partial charge < -0.3 is 15.2 Å². The molecule has 0 radical (unpaired) electrons. The van der Waals surface area contributed by atoms with Crippen LogP contribution in [0.2, 0.25) is 0 Å². The molecule has 0 aromatic rings. The maximum atomic E-state index is 12.8. The number of halogens is 2. The van der Waals surface area contributed by atoms with Crippen LogP contribution in [0.15, 0.2) is 0 Å². The molecule has 1 fully saturated rings. The number of alkyl halides is 2. The van der Waals surface area contributed by atoms with Gasteiger partial charge >= 0.3 is 11.9 Å². The van der Waals surface area contributed by atoms with Gasteiger partial charge in [-0.3, -0.25) is 0 Å². The predicted octanol–water partition coefficient (Wildman–Crippen LogP) is 0.686. The molecule has 3 unspecified atom stereocenters. The van der Waals surface area contributed by atoms with Gasteiger partial charge in [0.2, 0.25) is 0 Å². The van der Waals surface area contributed by atoms with Gasteiger partial charge in [0.25, 0.3) is 0 Å². The largest absolute Gasteiger partial charge is 0.456 e. The van der Waals surface area contributed by atoms with Crippen molar-refractivity contribution in [3.05, 3.63) is 0 Å². The van der Waals surface area contributed by atoms with E-state index in [4.69, 9.17) is 5.11 Å². The van der Waals surface area contributed by atoms with E-state index in [9.17, 15) is 13.6 Å². The molecule has 0 spiro atoms. The number of hydrogen-bond donors (Lipinski definition) is 2. The molecule has 1 saturated heterocycles. The lowest BCUT2D eigenvalue weighted by molar-refractivity contribution is -0.159. The Morgan fingerprint density at radius 3 is 2.69 bits per heavy atom. The Balaban J connectivity index is 2.27. The molecule has 94 valence electrons. The highest BCUT2D eigenvalue weighted by molar-refractivity contribution is 5.79. The van der Waals surface area contributed by atoms with Crippen LogP contribution in [-0.4, -0.2) is 41.8 Å². The summed E-state index contributed by atoms with van der Waals surface area (Å²) < 4.78 is 30.1. The number of rotatable bonds is 5. The zero-order valence-electron chi connectivity index (χ0n) is 9.37. The molecule has 0 aliphatic carbocycles. The summed E-state index contributed by atoms with van der Waals surface area (Å²) in [4.78, 5) is 10.7. The zero-order chi connectivity index (χ0) is 12.3. The standard InChI is InChI=1S/C10H17F2NO3/c1-6(3-7(2)14)13-5-8-4-10(11,12)9(15)16-8/h6-8,13-14H,3-5H2,1-2H3. The molecule has 1 heterocycles. The predicted molar refractivity (Wildman–Crippen MR) is 53.2 cm³/mol. The zero-order valence-corrected chi connectivity index (χ0v) is 9.37. The maximum absolute atomic E-state index is 12.8. The monoisotopic (exact) mass is 237 g/mol. The van der Waals surface area contributed by atoms with Crippen LogP contribution in [0.1, 0.15) is 26.7 Å². The van der Waals surface area contributed by atoms with Crippen LogP contribution in [0.25, 0.3) is 0 Å². The van der Waals surface area contributed by atoms with Crippen molar-refractivity contribution in [2.45, 2.75) is 50.9 Å². The van der Waals surface area contributed by atoms with Gasteiger partial charge in [-0.2, -0.15) is 8.78 Å². The maximum Gasteiger partial charge on any atom is 0.377 e. The van der Waals surface area contributed by atoms with Crippen LogP contribution in [0.3, 0.4) is 0 Å². The third kappa shape index (κ3) is 3.68. The van der Waals surface area contributed by atoms with E-state index in [0.29, 0.717) is 6.42 Å². The fourth-order valence-electron chi connectivity index (χ4n) is 1.69. The van der Waals surface area contributed by atoms with Gasteiger partial charge in [-0.15, -0.1) is 0 Å². The molecule has 16 heavy (non-hydrogen) atoms. The van der Waals surface area contributed by atoms with E-state index in [1.807, 2.05) is 6.92 Å². The van der Waals surface area contributed by atoms with Crippen molar-refractivity contribution >= 4 is 5.97 Å². The normalized spacial score (nSPS) is 27.6. The first-order chi connectivity index (χ1) is 7.31. The first kappa shape index (κ1) is 13.3. The van der Waals surface area contributed by atoms with E-state index >= 15 is 0 Å². The highest BCUT2D eigenvalue weighted by atomic mass is 19.3. The average molecular weight is 237 g/mol. The molecule has 6 heteroatoms. The van der Waals surface area contributed by atoms with Gasteiger partial charge in [-0.05, 0) is 20.3 Å². The molecular weight excluding hydrogens is 220 g/mol. The Bertz CT molecular complexity index is 258. The van der Waals surface area contributed by atoms with Gasteiger partial charge in [0, 0.05) is 12.6 Å². The van der Waals surface area contributed by atoms with E-state index in [2.05, 4.69) is 10.1 Å². The fraction of sp³-hybridized carbons (Fsp3) is 0.900. The third-order valence-electron chi connectivity index (χ3n) is 2.45. The minimum absolute atomic E-state index is 0.00655. The van der Waals surface area contributed by atoms with E-state index in [-0.39, 0.29) is 12.6 Å². The molecule has 0 amide bonds. The van der Waals surface area contributed by atoms with E-state index < -0.39 is 30.5 Å². The number of carbonyl (C=O) groups excluding carboxylic acids is 1. The molecule has 3 atom stereocenters. The topological polar surface area (TPSA) is 58.6 Å². The van der Waals surface area contributed by atoms with Gasteiger partial charge in [0.05, 0.1) is 12.5 Å². The summed E-state index contributed by atoms with van der Waals surface area (Å²) in [5, 5.41) is 12.0. The second kappa shape index (κ2) is 5.05. The number of esters is 1. The molecule has 2 N–H and O–H groups in total. The fourth-order valence-corrected chi connectivity index (χ4v) is 1.69. The van der Waals surface area contributed by atoms with Crippen LogP contribution in [0.5, 0.6) is 0 Å². The second-order valence-corrected chi connectivity index (χ2v) is 4.33.